The van der Waals surface area contributed by atoms with Crippen LogP contribution in [-0.4, -0.2) is 27.9 Å². The first kappa shape index (κ1) is 14.9. The molecule has 1 heterocycles. The van der Waals surface area contributed by atoms with Gasteiger partial charge in [-0.2, -0.15) is 0 Å². The number of halogens is 2. The largest absolute Gasteiger partial charge is 0.504 e. The first-order valence-electron chi connectivity index (χ1n) is 5.93. The topological polar surface area (TPSA) is 62.6 Å². The van der Waals surface area contributed by atoms with E-state index in [1.54, 1.807) is 25.1 Å². The number of pyridine rings is 1. The van der Waals surface area contributed by atoms with Crippen molar-refractivity contribution in [3.63, 3.8) is 0 Å². The molecule has 0 saturated carbocycles. The molecule has 1 aromatic carbocycles. The molecule has 0 saturated heterocycles. The summed E-state index contributed by atoms with van der Waals surface area (Å²) >= 11 is 11.9. The summed E-state index contributed by atoms with van der Waals surface area (Å²) in [5.74, 6) is 0.246. The molecule has 1 unspecified atom stereocenters. The van der Waals surface area contributed by atoms with Crippen LogP contribution in [0.1, 0.15) is 6.92 Å². The summed E-state index contributed by atoms with van der Waals surface area (Å²) in [6.07, 6.45) is 1.09. The lowest BCUT2D eigenvalue weighted by atomic mass is 10.1. The van der Waals surface area contributed by atoms with E-state index in [2.05, 4.69) is 4.98 Å². The number of hydrogen-bond donors (Lipinski definition) is 2. The Morgan fingerprint density at radius 3 is 2.65 bits per heavy atom. The van der Waals surface area contributed by atoms with E-state index in [-0.39, 0.29) is 12.4 Å². The first-order chi connectivity index (χ1) is 9.51. The minimum Gasteiger partial charge on any atom is -0.504 e. The Bertz CT molecular complexity index is 619. The number of aromatic nitrogens is 1. The van der Waals surface area contributed by atoms with Crippen LogP contribution >= 0.6 is 23.2 Å². The van der Waals surface area contributed by atoms with Crippen LogP contribution in [0.5, 0.6) is 11.5 Å². The second-order valence-electron chi connectivity index (χ2n) is 4.28. The van der Waals surface area contributed by atoms with Gasteiger partial charge in [0.2, 0.25) is 0 Å². The fourth-order valence-electron chi connectivity index (χ4n) is 1.65. The van der Waals surface area contributed by atoms with Crippen molar-refractivity contribution in [2.45, 2.75) is 13.0 Å². The maximum atomic E-state index is 9.94. The summed E-state index contributed by atoms with van der Waals surface area (Å²) in [6, 6.07) is 6.41. The smallest absolute Gasteiger partial charge is 0.161 e. The number of benzene rings is 1. The monoisotopic (exact) mass is 313 g/mol. The quantitative estimate of drug-likeness (QED) is 0.906. The van der Waals surface area contributed by atoms with E-state index in [1.807, 2.05) is 0 Å². The molecule has 1 aromatic heterocycles. The average Bonchev–Trinajstić information content (AvgIpc) is 2.41. The molecule has 106 valence electrons. The second kappa shape index (κ2) is 6.31. The molecule has 2 aromatic rings. The lowest BCUT2D eigenvalue weighted by Crippen LogP contribution is -2.16. The van der Waals surface area contributed by atoms with Crippen molar-refractivity contribution in [3.05, 3.63) is 40.5 Å². The highest BCUT2D eigenvalue weighted by Crippen LogP contribution is 2.34. The maximum Gasteiger partial charge on any atom is 0.161 e. The van der Waals surface area contributed by atoms with E-state index in [9.17, 15) is 5.11 Å². The van der Waals surface area contributed by atoms with Crippen molar-refractivity contribution in [3.8, 4) is 22.8 Å². The van der Waals surface area contributed by atoms with Gasteiger partial charge in [0.1, 0.15) is 6.10 Å². The van der Waals surface area contributed by atoms with Crippen LogP contribution in [0.3, 0.4) is 0 Å². The number of aromatic hydroxyl groups is 1. The van der Waals surface area contributed by atoms with Crippen LogP contribution < -0.4 is 4.74 Å². The van der Waals surface area contributed by atoms with E-state index in [1.165, 1.54) is 12.3 Å². The van der Waals surface area contributed by atoms with Gasteiger partial charge in [0.05, 0.1) is 22.3 Å². The number of nitrogens with zero attached hydrogens (tertiary/aromatic N) is 1. The standard InChI is InChI=1S/C14H13Cl2NO3/c1-8(7-18)20-13-3-2-9(4-12(13)19)14-11(16)5-10(15)6-17-14/h2-6,8,18-19H,7H2,1H3. The molecule has 0 radical (unpaired) electrons. The zero-order valence-corrected chi connectivity index (χ0v) is 12.2. The summed E-state index contributed by atoms with van der Waals surface area (Å²) in [6.45, 7) is 1.57. The van der Waals surface area contributed by atoms with Crippen molar-refractivity contribution in [1.29, 1.82) is 0 Å². The molecule has 0 bridgehead atoms. The fraction of sp³-hybridized carbons (Fsp3) is 0.214. The SMILES string of the molecule is CC(CO)Oc1ccc(-c2ncc(Cl)cc2Cl)cc1O. The Hall–Kier alpha value is -1.49. The lowest BCUT2D eigenvalue weighted by molar-refractivity contribution is 0.126. The molecule has 6 heteroatoms. The lowest BCUT2D eigenvalue weighted by Gasteiger charge is -2.14. The third-order valence-corrected chi connectivity index (χ3v) is 3.12. The van der Waals surface area contributed by atoms with Gasteiger partial charge in [0, 0.05) is 11.8 Å². The number of hydrogen-bond acceptors (Lipinski definition) is 4. The molecular formula is C14H13Cl2NO3. The van der Waals surface area contributed by atoms with Crippen LogP contribution in [-0.2, 0) is 0 Å². The molecule has 0 aliphatic heterocycles. The summed E-state index contributed by atoms with van der Waals surface area (Å²) in [7, 11) is 0. The van der Waals surface area contributed by atoms with Crippen LogP contribution in [0.4, 0.5) is 0 Å². The Kier molecular flexibility index (Phi) is 4.70. The van der Waals surface area contributed by atoms with E-state index < -0.39 is 6.10 Å². The zero-order chi connectivity index (χ0) is 14.7. The predicted octanol–water partition coefficient (Wildman–Crippen LogP) is 3.52. The Balaban J connectivity index is 2.33. The third-order valence-electron chi connectivity index (χ3n) is 2.63. The Morgan fingerprint density at radius 1 is 1.30 bits per heavy atom. The van der Waals surface area contributed by atoms with Crippen LogP contribution in [0.25, 0.3) is 11.3 Å². The van der Waals surface area contributed by atoms with E-state index in [0.717, 1.165) is 0 Å². The molecule has 0 fully saturated rings. The molecule has 2 N–H and O–H groups in total. The van der Waals surface area contributed by atoms with Gasteiger partial charge in [-0.1, -0.05) is 23.2 Å². The van der Waals surface area contributed by atoms with Crippen LogP contribution in [0.15, 0.2) is 30.5 Å². The number of rotatable bonds is 4. The van der Waals surface area contributed by atoms with Gasteiger partial charge in [-0.25, -0.2) is 0 Å². The number of aliphatic hydroxyl groups is 1. The van der Waals surface area contributed by atoms with Crippen molar-refractivity contribution in [2.75, 3.05) is 6.61 Å². The minimum atomic E-state index is -0.399. The van der Waals surface area contributed by atoms with E-state index in [4.69, 9.17) is 33.0 Å². The Labute approximate surface area is 126 Å². The summed E-state index contributed by atoms with van der Waals surface area (Å²) in [5, 5.41) is 19.7. The Morgan fingerprint density at radius 2 is 2.05 bits per heavy atom. The highest BCUT2D eigenvalue weighted by molar-refractivity contribution is 6.36. The zero-order valence-electron chi connectivity index (χ0n) is 10.7. The summed E-state index contributed by atoms with van der Waals surface area (Å²) in [5.41, 5.74) is 1.17. The first-order valence-corrected chi connectivity index (χ1v) is 6.69. The van der Waals surface area contributed by atoms with Crippen LogP contribution in [0, 0.1) is 0 Å². The van der Waals surface area contributed by atoms with Crippen LogP contribution in [0.2, 0.25) is 10.0 Å². The number of aliphatic hydroxyl groups excluding tert-OH is 1. The number of phenolic OH excluding ortho intramolecular Hbond substituents is 1. The molecule has 4 nitrogen and oxygen atoms in total. The van der Waals surface area contributed by atoms with Gasteiger partial charge in [-0.05, 0) is 31.2 Å². The van der Waals surface area contributed by atoms with Gasteiger partial charge in [0.25, 0.3) is 0 Å². The molecule has 0 aliphatic rings. The van der Waals surface area contributed by atoms with E-state index in [0.29, 0.717) is 27.1 Å². The molecular weight excluding hydrogens is 301 g/mol. The molecule has 0 aliphatic carbocycles. The van der Waals surface area contributed by atoms with Gasteiger partial charge in [-0.3, -0.25) is 4.98 Å². The van der Waals surface area contributed by atoms with Crippen molar-refractivity contribution in [1.82, 2.24) is 4.98 Å². The van der Waals surface area contributed by atoms with Gasteiger partial charge in [-0.15, -0.1) is 0 Å². The second-order valence-corrected chi connectivity index (χ2v) is 5.12. The van der Waals surface area contributed by atoms with Gasteiger partial charge in [0.15, 0.2) is 11.5 Å². The highest BCUT2D eigenvalue weighted by Gasteiger charge is 2.11. The minimum absolute atomic E-state index is 0.0457. The molecule has 0 spiro atoms. The van der Waals surface area contributed by atoms with Crippen molar-refractivity contribution >= 4 is 23.2 Å². The van der Waals surface area contributed by atoms with Crippen molar-refractivity contribution in [2.24, 2.45) is 0 Å². The molecule has 0 amide bonds. The van der Waals surface area contributed by atoms with Gasteiger partial charge >= 0.3 is 0 Å². The number of phenols is 1. The normalized spacial score (nSPS) is 12.2. The highest BCUT2D eigenvalue weighted by atomic mass is 35.5. The summed E-state index contributed by atoms with van der Waals surface area (Å²) in [4.78, 5) is 4.14. The van der Waals surface area contributed by atoms with Gasteiger partial charge < -0.3 is 14.9 Å². The third kappa shape index (κ3) is 3.33. The fourth-order valence-corrected chi connectivity index (χ4v) is 2.13. The molecule has 20 heavy (non-hydrogen) atoms. The molecule has 1 atom stereocenters. The summed E-state index contributed by atoms with van der Waals surface area (Å²) < 4.78 is 5.36. The maximum absolute atomic E-state index is 9.94. The van der Waals surface area contributed by atoms with Crippen molar-refractivity contribution < 1.29 is 14.9 Å². The average molecular weight is 314 g/mol. The number of ether oxygens (including phenoxy) is 1. The van der Waals surface area contributed by atoms with E-state index >= 15 is 0 Å². The predicted molar refractivity (Wildman–Crippen MR) is 78.5 cm³/mol. The molecule has 2 rings (SSSR count).